The molecule has 2 aromatic heterocycles. The Balaban J connectivity index is 1.01. The number of hydrogen-bond acceptors (Lipinski definition) is 4. The molecule has 0 unspecified atom stereocenters. The van der Waals surface area contributed by atoms with Gasteiger partial charge in [0.2, 0.25) is 5.89 Å². The van der Waals surface area contributed by atoms with E-state index in [1.54, 1.807) is 0 Å². The summed E-state index contributed by atoms with van der Waals surface area (Å²) < 4.78 is 12.6. The van der Waals surface area contributed by atoms with E-state index in [0.29, 0.717) is 5.89 Å². The maximum absolute atomic E-state index is 6.40. The first kappa shape index (κ1) is 30.6. The Kier molecular flexibility index (Phi) is 7.43. The first-order chi connectivity index (χ1) is 26.2. The van der Waals surface area contributed by atoms with Gasteiger partial charge in [0.05, 0.1) is 0 Å². The molecule has 0 fully saturated rings. The maximum atomic E-state index is 6.40. The molecular weight excluding hydrogens is 649 g/mol. The van der Waals surface area contributed by atoms with Crippen LogP contribution < -0.4 is 4.90 Å². The van der Waals surface area contributed by atoms with E-state index in [1.807, 2.05) is 42.5 Å². The fraction of sp³-hybridized carbons (Fsp3) is 0. The molecule has 0 aliphatic carbocycles. The quantitative estimate of drug-likeness (QED) is 0.168. The number of para-hydroxylation sites is 1. The fourth-order valence-corrected chi connectivity index (χ4v) is 7.32. The second kappa shape index (κ2) is 12.9. The van der Waals surface area contributed by atoms with Gasteiger partial charge in [0.25, 0.3) is 0 Å². The fourth-order valence-electron chi connectivity index (χ4n) is 7.32. The zero-order chi connectivity index (χ0) is 35.1. The summed E-state index contributed by atoms with van der Waals surface area (Å²) in [5.74, 6) is 0.600. The lowest BCUT2D eigenvalue weighted by atomic mass is 9.98. The van der Waals surface area contributed by atoms with Crippen LogP contribution in [0.4, 0.5) is 17.1 Å². The maximum Gasteiger partial charge on any atom is 0.227 e. The van der Waals surface area contributed by atoms with Crippen molar-refractivity contribution in [3.05, 3.63) is 194 Å². The molecule has 0 saturated heterocycles. The third-order valence-corrected chi connectivity index (χ3v) is 9.91. The number of anilines is 3. The topological polar surface area (TPSA) is 42.4 Å². The van der Waals surface area contributed by atoms with Gasteiger partial charge in [-0.1, -0.05) is 121 Å². The summed E-state index contributed by atoms with van der Waals surface area (Å²) in [7, 11) is 0. The highest BCUT2D eigenvalue weighted by molar-refractivity contribution is 6.15. The van der Waals surface area contributed by atoms with Crippen molar-refractivity contribution in [3.8, 4) is 44.8 Å². The molecule has 2 heterocycles. The van der Waals surface area contributed by atoms with Crippen molar-refractivity contribution >= 4 is 50.1 Å². The van der Waals surface area contributed by atoms with Gasteiger partial charge in [-0.3, -0.25) is 0 Å². The van der Waals surface area contributed by atoms with Crippen LogP contribution >= 0.6 is 0 Å². The molecule has 0 N–H and O–H groups in total. The van der Waals surface area contributed by atoms with Crippen molar-refractivity contribution < 1.29 is 8.83 Å². The van der Waals surface area contributed by atoms with E-state index in [0.717, 1.165) is 66.8 Å². The molecule has 0 aliphatic heterocycles. The number of aromatic nitrogens is 1. The van der Waals surface area contributed by atoms with Crippen LogP contribution in [0.25, 0.3) is 77.9 Å². The van der Waals surface area contributed by atoms with Crippen LogP contribution in [0.2, 0.25) is 0 Å². The standard InChI is InChI=1S/C49H32N2O2/c1-4-12-33(13-5-1)37-16-10-17-38(30-37)34-22-26-40(27-23-34)51(39-18-8-3-9-19-39)41-28-24-35(25-29-41)42-20-11-21-45-48(42)43-31-47-44(32-46(43)52-45)50-49(53-47)36-14-6-2-7-15-36/h1-32H. The van der Waals surface area contributed by atoms with E-state index in [9.17, 15) is 0 Å². The summed E-state index contributed by atoms with van der Waals surface area (Å²) in [6.07, 6.45) is 0. The third kappa shape index (κ3) is 5.63. The molecule has 53 heavy (non-hydrogen) atoms. The minimum atomic E-state index is 0.600. The van der Waals surface area contributed by atoms with Crippen LogP contribution in [0.5, 0.6) is 0 Å². The van der Waals surface area contributed by atoms with Crippen LogP contribution in [0.1, 0.15) is 0 Å². The minimum absolute atomic E-state index is 0.600. The molecule has 250 valence electrons. The Morgan fingerprint density at radius 2 is 0.906 bits per heavy atom. The molecule has 0 amide bonds. The average Bonchev–Trinajstić information content (AvgIpc) is 3.82. The molecule has 4 heteroatoms. The smallest absolute Gasteiger partial charge is 0.227 e. The van der Waals surface area contributed by atoms with E-state index < -0.39 is 0 Å². The van der Waals surface area contributed by atoms with Crippen LogP contribution in [0, 0.1) is 0 Å². The highest BCUT2D eigenvalue weighted by atomic mass is 16.4. The van der Waals surface area contributed by atoms with E-state index in [4.69, 9.17) is 13.8 Å². The number of nitrogens with zero attached hydrogens (tertiary/aromatic N) is 2. The third-order valence-electron chi connectivity index (χ3n) is 9.91. The lowest BCUT2D eigenvalue weighted by Crippen LogP contribution is -2.09. The van der Waals surface area contributed by atoms with Crippen LogP contribution in [-0.4, -0.2) is 4.98 Å². The molecule has 10 aromatic rings. The number of oxazole rings is 1. The number of benzene rings is 8. The SMILES string of the molecule is c1ccc(-c2cccc(-c3ccc(N(c4ccccc4)c4ccc(-c5cccc6oc7cc8nc(-c9ccccc9)oc8cc7c56)cc4)cc3)c2)cc1. The normalized spacial score (nSPS) is 11.4. The summed E-state index contributed by atoms with van der Waals surface area (Å²) in [5, 5.41) is 2.06. The first-order valence-electron chi connectivity index (χ1n) is 17.8. The molecule has 0 saturated carbocycles. The van der Waals surface area contributed by atoms with Crippen molar-refractivity contribution in [2.75, 3.05) is 4.90 Å². The van der Waals surface area contributed by atoms with Crippen molar-refractivity contribution in [2.45, 2.75) is 0 Å². The lowest BCUT2D eigenvalue weighted by molar-refractivity contribution is 0.620. The number of fused-ring (bicyclic) bond motifs is 4. The van der Waals surface area contributed by atoms with E-state index in [2.05, 4.69) is 157 Å². The number of furan rings is 1. The average molecular weight is 681 g/mol. The molecule has 4 nitrogen and oxygen atoms in total. The van der Waals surface area contributed by atoms with E-state index in [1.165, 1.54) is 22.3 Å². The molecule has 0 spiro atoms. The predicted octanol–water partition coefficient (Wildman–Crippen LogP) is 13.9. The van der Waals surface area contributed by atoms with Gasteiger partial charge in [-0.05, 0) is 100 Å². The van der Waals surface area contributed by atoms with Gasteiger partial charge in [-0.2, -0.15) is 0 Å². The van der Waals surface area contributed by atoms with Gasteiger partial charge < -0.3 is 13.7 Å². The lowest BCUT2D eigenvalue weighted by Gasteiger charge is -2.26. The van der Waals surface area contributed by atoms with Gasteiger partial charge in [-0.25, -0.2) is 4.98 Å². The summed E-state index contributed by atoms with van der Waals surface area (Å²) in [6, 6.07) is 67.7. The van der Waals surface area contributed by atoms with Crippen LogP contribution in [0.3, 0.4) is 0 Å². The predicted molar refractivity (Wildman–Crippen MR) is 218 cm³/mol. The molecule has 0 aliphatic rings. The van der Waals surface area contributed by atoms with Gasteiger partial charge in [0.15, 0.2) is 5.58 Å². The van der Waals surface area contributed by atoms with Crippen molar-refractivity contribution in [3.63, 3.8) is 0 Å². The first-order valence-corrected chi connectivity index (χ1v) is 17.8. The van der Waals surface area contributed by atoms with Crippen LogP contribution in [0.15, 0.2) is 203 Å². The minimum Gasteiger partial charge on any atom is -0.456 e. The number of hydrogen-bond donors (Lipinski definition) is 0. The monoisotopic (exact) mass is 680 g/mol. The molecule has 8 aromatic carbocycles. The Bertz CT molecular complexity index is 2860. The summed E-state index contributed by atoms with van der Waals surface area (Å²) in [5.41, 5.74) is 14.3. The second-order valence-corrected chi connectivity index (χ2v) is 13.2. The molecule has 0 radical (unpaired) electrons. The Labute approximate surface area is 306 Å². The molecule has 10 rings (SSSR count). The summed E-state index contributed by atoms with van der Waals surface area (Å²) in [6.45, 7) is 0. The second-order valence-electron chi connectivity index (χ2n) is 13.2. The Morgan fingerprint density at radius 3 is 1.58 bits per heavy atom. The highest BCUT2D eigenvalue weighted by Crippen LogP contribution is 2.41. The van der Waals surface area contributed by atoms with Crippen molar-refractivity contribution in [1.29, 1.82) is 0 Å². The van der Waals surface area contributed by atoms with Gasteiger partial charge in [0.1, 0.15) is 16.7 Å². The zero-order valence-corrected chi connectivity index (χ0v) is 28.7. The van der Waals surface area contributed by atoms with Gasteiger partial charge in [0, 0.05) is 39.5 Å². The van der Waals surface area contributed by atoms with Crippen molar-refractivity contribution in [2.24, 2.45) is 0 Å². The Hall–Kier alpha value is -7.17. The van der Waals surface area contributed by atoms with Crippen molar-refractivity contribution in [1.82, 2.24) is 4.98 Å². The Morgan fingerprint density at radius 1 is 0.358 bits per heavy atom. The number of rotatable bonds is 7. The molecule has 0 atom stereocenters. The van der Waals surface area contributed by atoms with Crippen LogP contribution in [-0.2, 0) is 0 Å². The summed E-state index contributed by atoms with van der Waals surface area (Å²) >= 11 is 0. The molecule has 0 bridgehead atoms. The highest BCUT2D eigenvalue weighted by Gasteiger charge is 2.18. The summed E-state index contributed by atoms with van der Waals surface area (Å²) in [4.78, 5) is 7.06. The largest absolute Gasteiger partial charge is 0.456 e. The van der Waals surface area contributed by atoms with Gasteiger partial charge >= 0.3 is 0 Å². The molecular formula is C49H32N2O2. The van der Waals surface area contributed by atoms with E-state index >= 15 is 0 Å². The van der Waals surface area contributed by atoms with E-state index in [-0.39, 0.29) is 0 Å². The zero-order valence-electron chi connectivity index (χ0n) is 28.7. The van der Waals surface area contributed by atoms with Gasteiger partial charge in [-0.15, -0.1) is 0 Å².